The second-order valence-electron chi connectivity index (χ2n) is 4.26. The average molecular weight is 275 g/mol. The number of carbonyl (C=O) groups is 1. The molecule has 0 saturated heterocycles. The molecule has 1 heterocycles. The largest absolute Gasteiger partial charge is 0.355 e. The van der Waals surface area contributed by atoms with Gasteiger partial charge in [0, 0.05) is 24.0 Å². The summed E-state index contributed by atoms with van der Waals surface area (Å²) < 4.78 is 0. The van der Waals surface area contributed by atoms with Crippen LogP contribution in [0.4, 0.5) is 0 Å². The third kappa shape index (κ3) is 4.72. The predicted molar refractivity (Wildman–Crippen MR) is 76.1 cm³/mol. The molecular formula is C15H15ClN2O. The molecule has 1 amide bonds. The maximum absolute atomic E-state index is 11.7. The summed E-state index contributed by atoms with van der Waals surface area (Å²) in [5.41, 5.74) is 2.08. The van der Waals surface area contributed by atoms with Crippen LogP contribution in [-0.2, 0) is 17.6 Å². The van der Waals surface area contributed by atoms with E-state index in [9.17, 15) is 4.79 Å². The summed E-state index contributed by atoms with van der Waals surface area (Å²) in [6.45, 7) is 0.626. The molecule has 4 heteroatoms. The van der Waals surface area contributed by atoms with Gasteiger partial charge in [0.2, 0.25) is 5.91 Å². The number of pyridine rings is 1. The lowest BCUT2D eigenvalue weighted by Crippen LogP contribution is -2.27. The summed E-state index contributed by atoms with van der Waals surface area (Å²) in [5.74, 6) is 0.0157. The van der Waals surface area contributed by atoms with Crippen LogP contribution < -0.4 is 5.32 Å². The van der Waals surface area contributed by atoms with Crippen molar-refractivity contribution in [3.05, 3.63) is 64.9 Å². The number of hydrogen-bond donors (Lipinski definition) is 1. The van der Waals surface area contributed by atoms with Gasteiger partial charge in [-0.05, 0) is 35.7 Å². The van der Waals surface area contributed by atoms with Gasteiger partial charge in [0.1, 0.15) is 0 Å². The predicted octanol–water partition coefficient (Wildman–Crippen LogP) is 2.64. The van der Waals surface area contributed by atoms with Gasteiger partial charge in [0.15, 0.2) is 0 Å². The van der Waals surface area contributed by atoms with Crippen LogP contribution >= 0.6 is 11.6 Å². The standard InChI is InChI=1S/C15H15ClN2O/c16-14-5-3-12(4-6-14)7-9-18-15(19)10-13-2-1-8-17-11-13/h1-6,8,11H,7,9-10H2,(H,18,19). The molecule has 3 nitrogen and oxygen atoms in total. The first-order valence-electron chi connectivity index (χ1n) is 6.14. The fraction of sp³-hybridized carbons (Fsp3) is 0.200. The minimum absolute atomic E-state index is 0.0157. The van der Waals surface area contributed by atoms with E-state index in [4.69, 9.17) is 11.6 Å². The van der Waals surface area contributed by atoms with Gasteiger partial charge in [-0.1, -0.05) is 29.8 Å². The van der Waals surface area contributed by atoms with E-state index < -0.39 is 0 Å². The lowest BCUT2D eigenvalue weighted by Gasteiger charge is -2.05. The molecule has 0 aliphatic rings. The SMILES string of the molecule is O=C(Cc1cccnc1)NCCc1ccc(Cl)cc1. The normalized spacial score (nSPS) is 10.2. The molecule has 0 atom stereocenters. The van der Waals surface area contributed by atoms with E-state index in [0.29, 0.717) is 13.0 Å². The summed E-state index contributed by atoms with van der Waals surface area (Å²) in [6.07, 6.45) is 4.57. The number of carbonyl (C=O) groups excluding carboxylic acids is 1. The van der Waals surface area contributed by atoms with Crippen LogP contribution in [0.2, 0.25) is 5.02 Å². The topological polar surface area (TPSA) is 42.0 Å². The number of amides is 1. The van der Waals surface area contributed by atoms with Crippen LogP contribution in [0.15, 0.2) is 48.8 Å². The first-order valence-corrected chi connectivity index (χ1v) is 6.52. The maximum Gasteiger partial charge on any atom is 0.224 e. The van der Waals surface area contributed by atoms with Crippen molar-refractivity contribution in [2.45, 2.75) is 12.8 Å². The van der Waals surface area contributed by atoms with Crippen molar-refractivity contribution in [3.8, 4) is 0 Å². The molecule has 0 fully saturated rings. The Morgan fingerprint density at radius 1 is 1.16 bits per heavy atom. The Balaban J connectivity index is 1.74. The molecule has 0 bridgehead atoms. The lowest BCUT2D eigenvalue weighted by molar-refractivity contribution is -0.120. The summed E-state index contributed by atoms with van der Waals surface area (Å²) in [4.78, 5) is 15.7. The van der Waals surface area contributed by atoms with Crippen molar-refractivity contribution in [3.63, 3.8) is 0 Å². The third-order valence-corrected chi connectivity index (χ3v) is 2.99. The first-order chi connectivity index (χ1) is 9.24. The van der Waals surface area contributed by atoms with Gasteiger partial charge in [-0.15, -0.1) is 0 Å². The van der Waals surface area contributed by atoms with Gasteiger partial charge in [-0.2, -0.15) is 0 Å². The van der Waals surface area contributed by atoms with E-state index in [1.165, 1.54) is 0 Å². The molecule has 2 aromatic rings. The molecule has 0 aliphatic heterocycles. The van der Waals surface area contributed by atoms with Crippen molar-refractivity contribution in [2.75, 3.05) is 6.54 Å². The van der Waals surface area contributed by atoms with Gasteiger partial charge >= 0.3 is 0 Å². The zero-order valence-corrected chi connectivity index (χ0v) is 11.2. The van der Waals surface area contributed by atoms with Gasteiger partial charge < -0.3 is 5.32 Å². The van der Waals surface area contributed by atoms with E-state index >= 15 is 0 Å². The fourth-order valence-electron chi connectivity index (χ4n) is 1.75. The van der Waals surface area contributed by atoms with Crippen LogP contribution in [0.5, 0.6) is 0 Å². The second kappa shape index (κ2) is 6.90. The van der Waals surface area contributed by atoms with E-state index in [2.05, 4.69) is 10.3 Å². The number of rotatable bonds is 5. The number of nitrogens with one attached hydrogen (secondary N) is 1. The minimum Gasteiger partial charge on any atom is -0.355 e. The number of aromatic nitrogens is 1. The van der Waals surface area contributed by atoms with Crippen molar-refractivity contribution in [1.82, 2.24) is 10.3 Å². The Labute approximate surface area is 117 Å². The van der Waals surface area contributed by atoms with Crippen molar-refractivity contribution in [1.29, 1.82) is 0 Å². The summed E-state index contributed by atoms with van der Waals surface area (Å²) in [6, 6.07) is 11.4. The Bertz CT molecular complexity index is 526. The Kier molecular flexibility index (Phi) is 4.93. The van der Waals surface area contributed by atoms with Gasteiger partial charge in [-0.3, -0.25) is 9.78 Å². The molecule has 98 valence electrons. The number of nitrogens with zero attached hydrogens (tertiary/aromatic N) is 1. The Morgan fingerprint density at radius 2 is 1.95 bits per heavy atom. The van der Waals surface area contributed by atoms with Gasteiger partial charge in [0.25, 0.3) is 0 Å². The quantitative estimate of drug-likeness (QED) is 0.911. The first kappa shape index (κ1) is 13.6. The molecule has 2 rings (SSSR count). The minimum atomic E-state index is 0.0157. The molecule has 0 saturated carbocycles. The van der Waals surface area contributed by atoms with Crippen molar-refractivity contribution in [2.24, 2.45) is 0 Å². The van der Waals surface area contributed by atoms with Crippen LogP contribution in [0.25, 0.3) is 0 Å². The monoisotopic (exact) mass is 274 g/mol. The third-order valence-electron chi connectivity index (χ3n) is 2.74. The molecule has 1 aromatic carbocycles. The van der Waals surface area contributed by atoms with Crippen molar-refractivity contribution < 1.29 is 4.79 Å². The molecule has 0 unspecified atom stereocenters. The summed E-state index contributed by atoms with van der Waals surface area (Å²) >= 11 is 5.81. The van der Waals surface area contributed by atoms with Crippen LogP contribution in [0.3, 0.4) is 0 Å². The molecule has 0 spiro atoms. The van der Waals surface area contributed by atoms with E-state index in [-0.39, 0.29) is 5.91 Å². The number of hydrogen-bond acceptors (Lipinski definition) is 2. The highest BCUT2D eigenvalue weighted by Crippen LogP contribution is 2.09. The van der Waals surface area contributed by atoms with Crippen molar-refractivity contribution >= 4 is 17.5 Å². The highest BCUT2D eigenvalue weighted by atomic mass is 35.5. The van der Waals surface area contributed by atoms with Crippen LogP contribution in [0.1, 0.15) is 11.1 Å². The van der Waals surface area contributed by atoms with E-state index in [1.807, 2.05) is 36.4 Å². The number of halogens is 1. The Hall–Kier alpha value is -1.87. The van der Waals surface area contributed by atoms with E-state index in [0.717, 1.165) is 22.6 Å². The lowest BCUT2D eigenvalue weighted by atomic mass is 10.1. The van der Waals surface area contributed by atoms with Crippen LogP contribution in [0, 0.1) is 0 Å². The van der Waals surface area contributed by atoms with E-state index in [1.54, 1.807) is 12.4 Å². The summed E-state index contributed by atoms with van der Waals surface area (Å²) in [7, 11) is 0. The zero-order chi connectivity index (χ0) is 13.5. The Morgan fingerprint density at radius 3 is 2.63 bits per heavy atom. The molecule has 0 radical (unpaired) electrons. The smallest absolute Gasteiger partial charge is 0.224 e. The fourth-order valence-corrected chi connectivity index (χ4v) is 1.87. The van der Waals surface area contributed by atoms with Crippen LogP contribution in [-0.4, -0.2) is 17.4 Å². The second-order valence-corrected chi connectivity index (χ2v) is 4.70. The van der Waals surface area contributed by atoms with Gasteiger partial charge in [-0.25, -0.2) is 0 Å². The average Bonchev–Trinajstić information content (AvgIpc) is 2.42. The molecule has 19 heavy (non-hydrogen) atoms. The maximum atomic E-state index is 11.7. The summed E-state index contributed by atoms with van der Waals surface area (Å²) in [5, 5.41) is 3.62. The molecule has 1 aromatic heterocycles. The molecular weight excluding hydrogens is 260 g/mol. The van der Waals surface area contributed by atoms with Gasteiger partial charge in [0.05, 0.1) is 6.42 Å². The molecule has 1 N–H and O–H groups in total. The number of benzene rings is 1. The highest BCUT2D eigenvalue weighted by molar-refractivity contribution is 6.30. The highest BCUT2D eigenvalue weighted by Gasteiger charge is 2.02. The zero-order valence-electron chi connectivity index (χ0n) is 10.5. The molecule has 0 aliphatic carbocycles.